The Hall–Kier alpha value is 0.01000. The molecule has 0 saturated carbocycles. The van der Waals surface area contributed by atoms with Gasteiger partial charge in [0, 0.05) is 23.7 Å². The molecule has 1 heterocycles. The van der Waals surface area contributed by atoms with Gasteiger partial charge in [0.2, 0.25) is 0 Å². The average Bonchev–Trinajstić information content (AvgIpc) is 2.37. The van der Waals surface area contributed by atoms with E-state index >= 15 is 0 Å². The van der Waals surface area contributed by atoms with Gasteiger partial charge in [-0.3, -0.25) is 0 Å². The van der Waals surface area contributed by atoms with Crippen molar-refractivity contribution in [2.24, 2.45) is 0 Å². The normalized spacial score (nSPS) is 11.0. The van der Waals surface area contributed by atoms with Crippen LogP contribution in [0.25, 0.3) is 0 Å². The summed E-state index contributed by atoms with van der Waals surface area (Å²) >= 11 is 6.04. The lowest BCUT2D eigenvalue weighted by Gasteiger charge is -2.14. The van der Waals surface area contributed by atoms with E-state index in [1.165, 1.54) is 10.4 Å². The van der Waals surface area contributed by atoms with E-state index in [0.29, 0.717) is 0 Å². The zero-order valence-electron chi connectivity index (χ0n) is 7.58. The molecule has 0 unspecified atom stereocenters. The van der Waals surface area contributed by atoms with Crippen molar-refractivity contribution in [3.63, 3.8) is 0 Å². The van der Waals surface area contributed by atoms with Crippen LogP contribution < -0.4 is 0 Å². The maximum absolute atomic E-state index is 4.20. The molecule has 0 N–H and O–H groups in total. The molecule has 1 nitrogen and oxygen atoms in total. The molecule has 0 spiro atoms. The van der Waals surface area contributed by atoms with Crippen LogP contribution >= 0.6 is 24.0 Å². The Kier molecular flexibility index (Phi) is 4.12. The lowest BCUT2D eigenvalue weighted by molar-refractivity contribution is 0.351. The number of hydrogen-bond acceptors (Lipinski definition) is 3. The summed E-state index contributed by atoms with van der Waals surface area (Å²) in [5.41, 5.74) is 1.41. The van der Waals surface area contributed by atoms with Crippen LogP contribution in [0, 0.1) is 6.92 Å². The van der Waals surface area contributed by atoms with Crippen LogP contribution in [0.1, 0.15) is 10.4 Å². The lowest BCUT2D eigenvalue weighted by atomic mass is 10.3. The molecule has 0 aliphatic rings. The fourth-order valence-corrected chi connectivity index (χ4v) is 2.39. The number of thiol groups is 1. The third kappa shape index (κ3) is 2.81. The molecule has 0 aliphatic carbocycles. The van der Waals surface area contributed by atoms with Gasteiger partial charge in [-0.25, -0.2) is 0 Å². The molecule has 0 aromatic carbocycles. The molecule has 0 bridgehead atoms. The van der Waals surface area contributed by atoms with Crippen molar-refractivity contribution >= 4 is 24.0 Å². The largest absolute Gasteiger partial charge is 0.300 e. The Labute approximate surface area is 83.8 Å². The number of thiophene rings is 1. The molecular formula is C9H15NS2. The predicted octanol–water partition coefficient (Wildman–Crippen LogP) is 2.42. The maximum Gasteiger partial charge on any atom is 0.0327 e. The Morgan fingerprint density at radius 2 is 2.33 bits per heavy atom. The van der Waals surface area contributed by atoms with Gasteiger partial charge in [0.15, 0.2) is 0 Å². The summed E-state index contributed by atoms with van der Waals surface area (Å²) in [6.07, 6.45) is 0. The molecule has 0 amide bonds. The first kappa shape index (κ1) is 10.1. The molecule has 1 aromatic rings. The van der Waals surface area contributed by atoms with Crippen molar-refractivity contribution < 1.29 is 0 Å². The second-order valence-electron chi connectivity index (χ2n) is 2.99. The summed E-state index contributed by atoms with van der Waals surface area (Å²) in [5.74, 6) is 0.931. The fraction of sp³-hybridized carbons (Fsp3) is 0.556. The summed E-state index contributed by atoms with van der Waals surface area (Å²) in [4.78, 5) is 3.77. The molecule has 1 rings (SSSR count). The molecule has 3 heteroatoms. The van der Waals surface area contributed by atoms with Gasteiger partial charge < -0.3 is 4.90 Å². The van der Waals surface area contributed by atoms with Crippen molar-refractivity contribution in [2.75, 3.05) is 19.3 Å². The fourth-order valence-electron chi connectivity index (χ4n) is 1.06. The summed E-state index contributed by atoms with van der Waals surface area (Å²) in [7, 11) is 2.13. The molecule has 0 aliphatic heterocycles. The van der Waals surface area contributed by atoms with E-state index in [0.717, 1.165) is 18.8 Å². The van der Waals surface area contributed by atoms with Crippen LogP contribution in [0.2, 0.25) is 0 Å². The van der Waals surface area contributed by atoms with Crippen LogP contribution in [-0.4, -0.2) is 24.2 Å². The van der Waals surface area contributed by atoms with Gasteiger partial charge in [0.1, 0.15) is 0 Å². The number of aryl methyl sites for hydroxylation is 1. The molecule has 12 heavy (non-hydrogen) atoms. The van der Waals surface area contributed by atoms with Gasteiger partial charge in [-0.05, 0) is 31.0 Å². The molecule has 0 atom stereocenters. The van der Waals surface area contributed by atoms with E-state index in [9.17, 15) is 0 Å². The molecule has 0 fully saturated rings. The predicted molar refractivity (Wildman–Crippen MR) is 59.2 cm³/mol. The molecule has 0 saturated heterocycles. The maximum atomic E-state index is 4.20. The standard InChI is InChI=1S/C9H15NS2/c1-8-3-6-12-9(8)7-10(2)4-5-11/h3,6,11H,4-5,7H2,1-2H3. The lowest BCUT2D eigenvalue weighted by Crippen LogP contribution is -2.19. The summed E-state index contributed by atoms with van der Waals surface area (Å²) in [6, 6.07) is 2.18. The average molecular weight is 201 g/mol. The zero-order valence-corrected chi connectivity index (χ0v) is 9.29. The van der Waals surface area contributed by atoms with Gasteiger partial charge in [0.05, 0.1) is 0 Å². The van der Waals surface area contributed by atoms with Crippen LogP contribution in [0.4, 0.5) is 0 Å². The molecular weight excluding hydrogens is 186 g/mol. The van der Waals surface area contributed by atoms with E-state index in [4.69, 9.17) is 0 Å². The zero-order chi connectivity index (χ0) is 8.97. The van der Waals surface area contributed by atoms with Gasteiger partial charge in [0.25, 0.3) is 0 Å². The highest BCUT2D eigenvalue weighted by molar-refractivity contribution is 7.80. The van der Waals surface area contributed by atoms with Crippen LogP contribution in [-0.2, 0) is 6.54 Å². The third-order valence-corrected chi connectivity index (χ3v) is 3.07. The van der Waals surface area contributed by atoms with E-state index in [1.54, 1.807) is 0 Å². The number of hydrogen-bond donors (Lipinski definition) is 1. The van der Waals surface area contributed by atoms with E-state index in [-0.39, 0.29) is 0 Å². The van der Waals surface area contributed by atoms with Crippen molar-refractivity contribution in [3.05, 3.63) is 21.9 Å². The molecule has 68 valence electrons. The van der Waals surface area contributed by atoms with Crippen LogP contribution in [0.15, 0.2) is 11.4 Å². The Morgan fingerprint density at radius 1 is 1.58 bits per heavy atom. The monoisotopic (exact) mass is 201 g/mol. The summed E-state index contributed by atoms with van der Waals surface area (Å²) in [5, 5.41) is 2.15. The Bertz CT molecular complexity index is 232. The second kappa shape index (κ2) is 4.90. The first-order valence-electron chi connectivity index (χ1n) is 4.06. The Morgan fingerprint density at radius 3 is 2.83 bits per heavy atom. The first-order chi connectivity index (χ1) is 5.74. The highest BCUT2D eigenvalue weighted by Gasteiger charge is 2.02. The molecule has 0 radical (unpaired) electrons. The minimum absolute atomic E-state index is 0.931. The van der Waals surface area contributed by atoms with Gasteiger partial charge in [-0.15, -0.1) is 11.3 Å². The van der Waals surface area contributed by atoms with Crippen LogP contribution in [0.5, 0.6) is 0 Å². The summed E-state index contributed by atoms with van der Waals surface area (Å²) < 4.78 is 0. The first-order valence-corrected chi connectivity index (χ1v) is 5.57. The highest BCUT2D eigenvalue weighted by Crippen LogP contribution is 2.16. The molecule has 1 aromatic heterocycles. The SMILES string of the molecule is Cc1ccsc1CN(C)CCS. The van der Waals surface area contributed by atoms with Gasteiger partial charge in [-0.2, -0.15) is 12.6 Å². The van der Waals surface area contributed by atoms with Gasteiger partial charge in [-0.1, -0.05) is 0 Å². The number of nitrogens with zero attached hydrogens (tertiary/aromatic N) is 1. The van der Waals surface area contributed by atoms with Crippen LogP contribution in [0.3, 0.4) is 0 Å². The van der Waals surface area contributed by atoms with E-state index in [1.807, 2.05) is 11.3 Å². The van der Waals surface area contributed by atoms with Gasteiger partial charge >= 0.3 is 0 Å². The van der Waals surface area contributed by atoms with Crippen molar-refractivity contribution in [2.45, 2.75) is 13.5 Å². The van der Waals surface area contributed by atoms with Crippen molar-refractivity contribution in [3.8, 4) is 0 Å². The summed E-state index contributed by atoms with van der Waals surface area (Å²) in [6.45, 7) is 4.28. The topological polar surface area (TPSA) is 3.24 Å². The van der Waals surface area contributed by atoms with E-state index < -0.39 is 0 Å². The number of rotatable bonds is 4. The van der Waals surface area contributed by atoms with E-state index in [2.05, 4.69) is 42.9 Å². The Balaban J connectivity index is 2.46. The smallest absolute Gasteiger partial charge is 0.0327 e. The third-order valence-electron chi connectivity index (χ3n) is 1.86. The minimum Gasteiger partial charge on any atom is -0.300 e. The minimum atomic E-state index is 0.931. The quantitative estimate of drug-likeness (QED) is 0.732. The van der Waals surface area contributed by atoms with Crippen molar-refractivity contribution in [1.29, 1.82) is 0 Å². The second-order valence-corrected chi connectivity index (χ2v) is 4.44. The highest BCUT2D eigenvalue weighted by atomic mass is 32.1. The van der Waals surface area contributed by atoms with Crippen molar-refractivity contribution in [1.82, 2.24) is 4.90 Å².